The SMILES string of the molecule is COc1cccc(CN2CCc3cc(OC)c(OC)cc3C2C(C)NC(=O)c2cccs2)c1. The first-order chi connectivity index (χ1) is 16.0. The highest BCUT2D eigenvalue weighted by Gasteiger charge is 2.34. The van der Waals surface area contributed by atoms with Crippen LogP contribution < -0.4 is 19.5 Å². The highest BCUT2D eigenvalue weighted by atomic mass is 32.1. The Morgan fingerprint density at radius 2 is 1.88 bits per heavy atom. The van der Waals surface area contributed by atoms with Crippen molar-refractivity contribution in [3.05, 3.63) is 75.5 Å². The number of carbonyl (C=O) groups excluding carboxylic acids is 1. The second-order valence-corrected chi connectivity index (χ2v) is 9.11. The molecule has 7 heteroatoms. The van der Waals surface area contributed by atoms with E-state index in [4.69, 9.17) is 14.2 Å². The van der Waals surface area contributed by atoms with Gasteiger partial charge in [0.15, 0.2) is 11.5 Å². The van der Waals surface area contributed by atoms with Gasteiger partial charge in [0.2, 0.25) is 0 Å². The molecule has 0 spiro atoms. The number of nitrogens with zero attached hydrogens (tertiary/aromatic N) is 1. The Balaban J connectivity index is 1.69. The van der Waals surface area contributed by atoms with Crippen molar-refractivity contribution in [2.24, 2.45) is 0 Å². The maximum absolute atomic E-state index is 12.9. The smallest absolute Gasteiger partial charge is 0.261 e. The van der Waals surface area contributed by atoms with Crippen LogP contribution in [0.15, 0.2) is 53.9 Å². The molecular formula is C26H30N2O4S. The topological polar surface area (TPSA) is 60.0 Å². The van der Waals surface area contributed by atoms with Gasteiger partial charge in [-0.2, -0.15) is 0 Å². The van der Waals surface area contributed by atoms with Crippen molar-refractivity contribution in [2.75, 3.05) is 27.9 Å². The third-order valence-corrected chi connectivity index (χ3v) is 6.99. The van der Waals surface area contributed by atoms with Crippen LogP contribution in [0.5, 0.6) is 17.2 Å². The lowest BCUT2D eigenvalue weighted by Gasteiger charge is -2.41. The molecule has 0 bridgehead atoms. The van der Waals surface area contributed by atoms with Crippen LogP contribution >= 0.6 is 11.3 Å². The van der Waals surface area contributed by atoms with Gasteiger partial charge in [-0.15, -0.1) is 11.3 Å². The highest BCUT2D eigenvalue weighted by molar-refractivity contribution is 7.12. The number of methoxy groups -OCH3 is 3. The predicted molar refractivity (Wildman–Crippen MR) is 131 cm³/mol. The van der Waals surface area contributed by atoms with E-state index in [0.29, 0.717) is 10.6 Å². The normalized spacial score (nSPS) is 16.5. The summed E-state index contributed by atoms with van der Waals surface area (Å²) < 4.78 is 16.6. The second-order valence-electron chi connectivity index (χ2n) is 8.16. The maximum atomic E-state index is 12.9. The van der Waals surface area contributed by atoms with Gasteiger partial charge in [0.25, 0.3) is 5.91 Å². The van der Waals surface area contributed by atoms with Crippen molar-refractivity contribution in [2.45, 2.75) is 32.0 Å². The number of amides is 1. The number of fused-ring (bicyclic) bond motifs is 1. The summed E-state index contributed by atoms with van der Waals surface area (Å²) in [5.74, 6) is 2.21. The molecule has 0 fully saturated rings. The van der Waals surface area contributed by atoms with Crippen molar-refractivity contribution >= 4 is 17.2 Å². The predicted octanol–water partition coefficient (Wildman–Crippen LogP) is 4.69. The molecule has 2 unspecified atom stereocenters. The van der Waals surface area contributed by atoms with Crippen LogP contribution in [0.1, 0.15) is 39.3 Å². The molecule has 4 rings (SSSR count). The summed E-state index contributed by atoms with van der Waals surface area (Å²) in [4.78, 5) is 16.0. The molecule has 1 aliphatic rings. The minimum atomic E-state index is -0.123. The van der Waals surface area contributed by atoms with Gasteiger partial charge in [0.1, 0.15) is 5.75 Å². The van der Waals surface area contributed by atoms with Gasteiger partial charge in [-0.05, 0) is 65.7 Å². The first-order valence-corrected chi connectivity index (χ1v) is 11.9. The van der Waals surface area contributed by atoms with E-state index in [1.165, 1.54) is 22.5 Å². The van der Waals surface area contributed by atoms with E-state index >= 15 is 0 Å². The summed E-state index contributed by atoms with van der Waals surface area (Å²) in [6.07, 6.45) is 0.891. The van der Waals surface area contributed by atoms with Crippen LogP contribution in [0.2, 0.25) is 0 Å². The molecule has 33 heavy (non-hydrogen) atoms. The Hall–Kier alpha value is -3.03. The van der Waals surface area contributed by atoms with Crippen molar-refractivity contribution in [3.8, 4) is 17.2 Å². The molecule has 1 N–H and O–H groups in total. The zero-order valence-electron chi connectivity index (χ0n) is 19.5. The largest absolute Gasteiger partial charge is 0.497 e. The van der Waals surface area contributed by atoms with Gasteiger partial charge in [-0.25, -0.2) is 0 Å². The summed E-state index contributed by atoms with van der Waals surface area (Å²) in [5, 5.41) is 5.15. The lowest BCUT2D eigenvalue weighted by atomic mass is 9.87. The molecule has 6 nitrogen and oxygen atoms in total. The van der Waals surface area contributed by atoms with Gasteiger partial charge in [-0.1, -0.05) is 18.2 Å². The fourth-order valence-electron chi connectivity index (χ4n) is 4.56. The van der Waals surface area contributed by atoms with E-state index in [1.54, 1.807) is 21.3 Å². The van der Waals surface area contributed by atoms with Crippen molar-refractivity contribution < 1.29 is 19.0 Å². The van der Waals surface area contributed by atoms with E-state index in [1.807, 2.05) is 29.6 Å². The van der Waals surface area contributed by atoms with Crippen LogP contribution in [0.4, 0.5) is 0 Å². The number of nitrogens with one attached hydrogen (secondary N) is 1. The van der Waals surface area contributed by atoms with Crippen LogP contribution in [0, 0.1) is 0 Å². The summed E-state index contributed by atoms with van der Waals surface area (Å²) in [5.41, 5.74) is 3.54. The lowest BCUT2D eigenvalue weighted by Crippen LogP contribution is -2.47. The standard InChI is InChI=1S/C26H30N2O4S/c1-17(27-26(29)24-9-6-12-33-24)25-21-15-23(32-4)22(31-3)14-19(21)10-11-28(25)16-18-7-5-8-20(13-18)30-2/h5-9,12-15,17,25H,10-11,16H2,1-4H3,(H,27,29). The Bertz CT molecular complexity index is 1100. The molecule has 2 atom stereocenters. The van der Waals surface area contributed by atoms with Crippen LogP contribution in [-0.4, -0.2) is 44.7 Å². The van der Waals surface area contributed by atoms with Gasteiger partial charge >= 0.3 is 0 Å². The summed E-state index contributed by atoms with van der Waals surface area (Å²) in [7, 11) is 4.99. The van der Waals surface area contributed by atoms with Gasteiger partial charge < -0.3 is 19.5 Å². The average molecular weight is 467 g/mol. The van der Waals surface area contributed by atoms with E-state index in [0.717, 1.165) is 36.6 Å². The molecule has 1 aliphatic heterocycles. The minimum absolute atomic E-state index is 0.0244. The zero-order valence-corrected chi connectivity index (χ0v) is 20.3. The molecule has 174 valence electrons. The molecule has 0 aliphatic carbocycles. The summed E-state index contributed by atoms with van der Waals surface area (Å²) >= 11 is 1.45. The van der Waals surface area contributed by atoms with Gasteiger partial charge in [-0.3, -0.25) is 9.69 Å². The van der Waals surface area contributed by atoms with Crippen molar-refractivity contribution in [3.63, 3.8) is 0 Å². The highest BCUT2D eigenvalue weighted by Crippen LogP contribution is 2.40. The molecule has 0 radical (unpaired) electrons. The summed E-state index contributed by atoms with van der Waals surface area (Å²) in [6, 6.07) is 15.9. The first-order valence-electron chi connectivity index (χ1n) is 11.0. The number of rotatable bonds is 8. The van der Waals surface area contributed by atoms with Crippen molar-refractivity contribution in [1.29, 1.82) is 0 Å². The van der Waals surface area contributed by atoms with E-state index < -0.39 is 0 Å². The lowest BCUT2D eigenvalue weighted by molar-refractivity contribution is 0.0881. The Kier molecular flexibility index (Phi) is 7.20. The fourth-order valence-corrected chi connectivity index (χ4v) is 5.19. The third kappa shape index (κ3) is 4.99. The van der Waals surface area contributed by atoms with E-state index in [9.17, 15) is 4.79 Å². The number of carbonyl (C=O) groups is 1. The molecule has 1 aromatic heterocycles. The molecule has 1 amide bonds. The van der Waals surface area contributed by atoms with E-state index in [-0.39, 0.29) is 18.0 Å². The Morgan fingerprint density at radius 3 is 2.58 bits per heavy atom. The van der Waals surface area contributed by atoms with Crippen LogP contribution in [-0.2, 0) is 13.0 Å². The first kappa shape index (κ1) is 23.1. The molecule has 2 aromatic carbocycles. The van der Waals surface area contributed by atoms with Crippen LogP contribution in [0.25, 0.3) is 0 Å². The Morgan fingerprint density at radius 1 is 1.09 bits per heavy atom. The molecule has 0 saturated carbocycles. The number of thiophene rings is 1. The van der Waals surface area contributed by atoms with Crippen molar-refractivity contribution in [1.82, 2.24) is 10.2 Å². The number of hydrogen-bond donors (Lipinski definition) is 1. The van der Waals surface area contributed by atoms with E-state index in [2.05, 4.69) is 41.4 Å². The quantitative estimate of drug-likeness (QED) is 0.522. The average Bonchev–Trinajstić information content (AvgIpc) is 3.38. The fraction of sp³-hybridized carbons (Fsp3) is 0.346. The number of benzene rings is 2. The second kappa shape index (κ2) is 10.3. The number of ether oxygens (including phenoxy) is 3. The monoisotopic (exact) mass is 466 g/mol. The molecule has 3 aromatic rings. The zero-order chi connectivity index (χ0) is 23.4. The number of hydrogen-bond acceptors (Lipinski definition) is 6. The van der Waals surface area contributed by atoms with Gasteiger partial charge in [0.05, 0.1) is 32.2 Å². The minimum Gasteiger partial charge on any atom is -0.497 e. The molecule has 0 saturated heterocycles. The molecule has 2 heterocycles. The van der Waals surface area contributed by atoms with Gasteiger partial charge in [0, 0.05) is 19.1 Å². The summed E-state index contributed by atoms with van der Waals surface area (Å²) in [6.45, 7) is 3.68. The third-order valence-electron chi connectivity index (χ3n) is 6.12. The van der Waals surface area contributed by atoms with Crippen LogP contribution in [0.3, 0.4) is 0 Å². The Labute approximate surface area is 199 Å². The molecular weight excluding hydrogens is 436 g/mol. The maximum Gasteiger partial charge on any atom is 0.261 e.